The SMILES string of the molecule is N#Cc1ccc(OCCCSc2cc(F)ccc2F)cc1. The first-order chi connectivity index (χ1) is 10.2. The fourth-order valence-corrected chi connectivity index (χ4v) is 2.53. The topological polar surface area (TPSA) is 33.0 Å². The average molecular weight is 305 g/mol. The Labute approximate surface area is 126 Å². The van der Waals surface area contributed by atoms with E-state index in [2.05, 4.69) is 0 Å². The molecule has 0 N–H and O–H groups in total. The molecule has 2 nitrogen and oxygen atoms in total. The van der Waals surface area contributed by atoms with Crippen molar-refractivity contribution in [1.29, 1.82) is 5.26 Å². The van der Waals surface area contributed by atoms with Gasteiger partial charge in [0, 0.05) is 10.6 Å². The summed E-state index contributed by atoms with van der Waals surface area (Å²) in [6.07, 6.45) is 0.709. The number of hydrogen-bond donors (Lipinski definition) is 0. The Morgan fingerprint density at radius 3 is 2.57 bits per heavy atom. The summed E-state index contributed by atoms with van der Waals surface area (Å²) >= 11 is 1.26. The van der Waals surface area contributed by atoms with Gasteiger partial charge in [0.1, 0.15) is 17.4 Å². The Morgan fingerprint density at radius 2 is 1.86 bits per heavy atom. The molecule has 0 aliphatic heterocycles. The van der Waals surface area contributed by atoms with Crippen LogP contribution in [0.25, 0.3) is 0 Å². The highest BCUT2D eigenvalue weighted by atomic mass is 32.2. The van der Waals surface area contributed by atoms with Crippen LogP contribution >= 0.6 is 11.8 Å². The highest BCUT2D eigenvalue weighted by Gasteiger charge is 2.04. The van der Waals surface area contributed by atoms with E-state index in [4.69, 9.17) is 10.00 Å². The highest BCUT2D eigenvalue weighted by Crippen LogP contribution is 2.23. The van der Waals surface area contributed by atoms with E-state index in [1.165, 1.54) is 17.8 Å². The van der Waals surface area contributed by atoms with Crippen molar-refractivity contribution in [3.8, 4) is 11.8 Å². The second kappa shape index (κ2) is 7.65. The minimum absolute atomic E-state index is 0.313. The molecule has 2 rings (SSSR count). The molecule has 0 atom stereocenters. The lowest BCUT2D eigenvalue weighted by molar-refractivity contribution is 0.318. The summed E-state index contributed by atoms with van der Waals surface area (Å²) in [5.74, 6) is 0.481. The zero-order valence-electron chi connectivity index (χ0n) is 11.2. The molecule has 0 aliphatic carbocycles. The summed E-state index contributed by atoms with van der Waals surface area (Å²) in [6.45, 7) is 0.482. The van der Waals surface area contributed by atoms with Crippen LogP contribution in [0, 0.1) is 23.0 Å². The Balaban J connectivity index is 1.72. The zero-order chi connectivity index (χ0) is 15.1. The van der Waals surface area contributed by atoms with Gasteiger partial charge in [0.25, 0.3) is 0 Å². The largest absolute Gasteiger partial charge is 0.494 e. The Bertz CT molecular complexity index is 638. The van der Waals surface area contributed by atoms with Crippen molar-refractivity contribution in [2.45, 2.75) is 11.3 Å². The molecule has 0 spiro atoms. The molecule has 0 aliphatic rings. The van der Waals surface area contributed by atoms with Crippen LogP contribution in [0.15, 0.2) is 47.4 Å². The molecule has 0 heterocycles. The molecule has 5 heteroatoms. The van der Waals surface area contributed by atoms with Gasteiger partial charge in [-0.1, -0.05) is 0 Å². The monoisotopic (exact) mass is 305 g/mol. The van der Waals surface area contributed by atoms with E-state index < -0.39 is 11.6 Å². The summed E-state index contributed by atoms with van der Waals surface area (Å²) in [4.78, 5) is 0.313. The first-order valence-corrected chi connectivity index (χ1v) is 7.38. The number of hydrogen-bond acceptors (Lipinski definition) is 3. The molecule has 0 saturated carbocycles. The van der Waals surface area contributed by atoms with Gasteiger partial charge in [-0.05, 0) is 48.9 Å². The molecule has 0 saturated heterocycles. The van der Waals surface area contributed by atoms with Crippen LogP contribution in [0.5, 0.6) is 5.75 Å². The summed E-state index contributed by atoms with van der Waals surface area (Å²) in [6, 6.07) is 12.3. The molecule has 21 heavy (non-hydrogen) atoms. The Hall–Kier alpha value is -2.06. The van der Waals surface area contributed by atoms with E-state index in [1.807, 2.05) is 6.07 Å². The fourth-order valence-electron chi connectivity index (χ4n) is 1.64. The lowest BCUT2D eigenvalue weighted by Gasteiger charge is -2.06. The Kier molecular flexibility index (Phi) is 5.59. The maximum Gasteiger partial charge on any atom is 0.136 e. The van der Waals surface area contributed by atoms with Crippen LogP contribution in [0.4, 0.5) is 8.78 Å². The van der Waals surface area contributed by atoms with Crippen molar-refractivity contribution in [1.82, 2.24) is 0 Å². The summed E-state index contributed by atoms with van der Waals surface area (Å²) in [5.41, 5.74) is 0.583. The predicted molar refractivity (Wildman–Crippen MR) is 78.4 cm³/mol. The molecular weight excluding hydrogens is 292 g/mol. The highest BCUT2D eigenvalue weighted by molar-refractivity contribution is 7.99. The van der Waals surface area contributed by atoms with Gasteiger partial charge in [-0.15, -0.1) is 11.8 Å². The van der Waals surface area contributed by atoms with Crippen molar-refractivity contribution in [3.05, 3.63) is 59.7 Å². The van der Waals surface area contributed by atoms with Crippen LogP contribution in [0.2, 0.25) is 0 Å². The molecule has 0 radical (unpaired) electrons. The number of halogens is 2. The van der Waals surface area contributed by atoms with Crippen molar-refractivity contribution in [3.63, 3.8) is 0 Å². The zero-order valence-corrected chi connectivity index (χ0v) is 12.0. The van der Waals surface area contributed by atoms with E-state index in [9.17, 15) is 8.78 Å². The van der Waals surface area contributed by atoms with Gasteiger partial charge >= 0.3 is 0 Å². The van der Waals surface area contributed by atoms with E-state index in [1.54, 1.807) is 24.3 Å². The maximum absolute atomic E-state index is 13.4. The molecule has 0 fully saturated rings. The average Bonchev–Trinajstić information content (AvgIpc) is 2.51. The van der Waals surface area contributed by atoms with Gasteiger partial charge in [0.15, 0.2) is 0 Å². The van der Waals surface area contributed by atoms with Crippen molar-refractivity contribution >= 4 is 11.8 Å². The molecule has 0 amide bonds. The van der Waals surface area contributed by atoms with Gasteiger partial charge in [-0.3, -0.25) is 0 Å². The van der Waals surface area contributed by atoms with Crippen LogP contribution in [-0.4, -0.2) is 12.4 Å². The summed E-state index contributed by atoms with van der Waals surface area (Å²) in [5, 5.41) is 8.67. The van der Waals surface area contributed by atoms with Crippen molar-refractivity contribution < 1.29 is 13.5 Å². The molecule has 0 aromatic heterocycles. The van der Waals surface area contributed by atoms with Crippen LogP contribution in [0.3, 0.4) is 0 Å². The number of rotatable bonds is 6. The quantitative estimate of drug-likeness (QED) is 0.586. The molecule has 0 bridgehead atoms. The van der Waals surface area contributed by atoms with E-state index >= 15 is 0 Å². The lowest BCUT2D eigenvalue weighted by atomic mass is 10.2. The van der Waals surface area contributed by atoms with E-state index in [-0.39, 0.29) is 0 Å². The minimum Gasteiger partial charge on any atom is -0.494 e. The summed E-state index contributed by atoms with van der Waals surface area (Å²) < 4.78 is 31.9. The number of thioether (sulfide) groups is 1. The van der Waals surface area contributed by atoms with Crippen LogP contribution in [-0.2, 0) is 0 Å². The van der Waals surface area contributed by atoms with Crippen LogP contribution in [0.1, 0.15) is 12.0 Å². The standard InChI is InChI=1S/C16H13F2NOS/c17-13-4-7-15(18)16(10-13)21-9-1-8-20-14-5-2-12(11-19)3-6-14/h2-7,10H,1,8-9H2. The maximum atomic E-state index is 13.4. The third kappa shape index (κ3) is 4.76. The molecule has 108 valence electrons. The summed E-state index contributed by atoms with van der Waals surface area (Å²) in [7, 11) is 0. The fraction of sp³-hybridized carbons (Fsp3) is 0.188. The minimum atomic E-state index is -0.437. The van der Waals surface area contributed by atoms with Gasteiger partial charge in [-0.2, -0.15) is 5.26 Å². The predicted octanol–water partition coefficient (Wildman–Crippen LogP) is 4.40. The Morgan fingerprint density at radius 1 is 1.10 bits per heavy atom. The molecule has 2 aromatic carbocycles. The van der Waals surface area contributed by atoms with Gasteiger partial charge < -0.3 is 4.74 Å². The van der Waals surface area contributed by atoms with Gasteiger partial charge in [0.05, 0.1) is 18.2 Å². The van der Waals surface area contributed by atoms with Gasteiger partial charge in [0.2, 0.25) is 0 Å². The third-order valence-corrected chi connectivity index (χ3v) is 3.81. The normalized spacial score (nSPS) is 10.1. The molecule has 2 aromatic rings. The number of nitrogens with zero attached hydrogens (tertiary/aromatic N) is 1. The van der Waals surface area contributed by atoms with Crippen molar-refractivity contribution in [2.24, 2.45) is 0 Å². The third-order valence-electron chi connectivity index (χ3n) is 2.69. The number of nitriles is 1. The van der Waals surface area contributed by atoms with Crippen molar-refractivity contribution in [2.75, 3.05) is 12.4 Å². The number of benzene rings is 2. The molecular formula is C16H13F2NOS. The first kappa shape index (κ1) is 15.3. The smallest absolute Gasteiger partial charge is 0.136 e. The van der Waals surface area contributed by atoms with Crippen LogP contribution < -0.4 is 4.74 Å². The second-order valence-electron chi connectivity index (χ2n) is 4.26. The second-order valence-corrected chi connectivity index (χ2v) is 5.40. The van der Waals surface area contributed by atoms with E-state index in [0.29, 0.717) is 35.0 Å². The lowest BCUT2D eigenvalue weighted by Crippen LogP contribution is -1.99. The molecule has 0 unspecified atom stereocenters. The van der Waals surface area contributed by atoms with E-state index in [0.717, 1.165) is 12.1 Å². The number of ether oxygens (including phenoxy) is 1. The first-order valence-electron chi connectivity index (χ1n) is 6.40. The van der Waals surface area contributed by atoms with Gasteiger partial charge in [-0.25, -0.2) is 8.78 Å².